The quantitative estimate of drug-likeness (QED) is 0.222. The summed E-state index contributed by atoms with van der Waals surface area (Å²) in [5, 5.41) is 27.0. The molecule has 0 aliphatic carbocycles. The minimum Gasteiger partial charge on any atom is -0.250 e. The fraction of sp³-hybridized carbons (Fsp3) is 0.645. The number of aromatic nitrogens is 1. The third-order valence-corrected chi connectivity index (χ3v) is 16.7. The topological polar surface area (TPSA) is 108 Å². The molecule has 0 bridgehead atoms. The Kier molecular flexibility index (Phi) is 21.2. The van der Waals surface area contributed by atoms with Gasteiger partial charge >= 0.3 is 0 Å². The number of rotatable bonds is 5. The number of nitrogens with zero attached hydrogens (tertiary/aromatic N) is 5. The van der Waals surface area contributed by atoms with Crippen LogP contribution in [0.2, 0.25) is 0 Å². The van der Waals surface area contributed by atoms with Crippen LogP contribution in [0.4, 0.5) is 0 Å². The summed E-state index contributed by atoms with van der Waals surface area (Å²) in [5.74, 6) is 0. The molecule has 9 heteroatoms. The van der Waals surface area contributed by atoms with Gasteiger partial charge in [0.25, 0.3) is 0 Å². The molecule has 1 aromatic carbocycles. The Morgan fingerprint density at radius 3 is 1.05 bits per heavy atom. The zero-order valence-electron chi connectivity index (χ0n) is 27.7. The third-order valence-electron chi connectivity index (χ3n) is 6.55. The monoisotopic (exact) mass is 776 g/mol. The Labute approximate surface area is 264 Å². The Balaban J connectivity index is -0.000000814. The zero-order valence-corrected chi connectivity index (χ0v) is 33.6. The van der Waals surface area contributed by atoms with Crippen molar-refractivity contribution in [3.63, 3.8) is 0 Å². The summed E-state index contributed by atoms with van der Waals surface area (Å²) in [6.45, 7) is 33.6. The van der Waals surface area contributed by atoms with E-state index in [9.17, 15) is 0 Å². The van der Waals surface area contributed by atoms with Gasteiger partial charge in [0.15, 0.2) is 0 Å². The SMILES string of the molecule is CC(C)(C)[PH+](Cc1cccc(C[PH+](C(C)(C)C)C(C)(C)C)n1)C(C)(C)C.C[PH+](C)c1ccccc1.N#N.N#N.[W]. The normalized spacial score (nSPS) is 11.7. The van der Waals surface area contributed by atoms with Gasteiger partial charge in [-0.15, -0.1) is 0 Å². The fourth-order valence-electron chi connectivity index (χ4n) is 5.17. The first-order chi connectivity index (χ1) is 17.7. The van der Waals surface area contributed by atoms with E-state index < -0.39 is 15.8 Å². The van der Waals surface area contributed by atoms with Crippen molar-refractivity contribution in [3.8, 4) is 0 Å². The molecule has 1 heterocycles. The second-order valence-electron chi connectivity index (χ2n) is 14.3. The summed E-state index contributed by atoms with van der Waals surface area (Å²) in [4.78, 5) is 5.16. The van der Waals surface area contributed by atoms with Gasteiger partial charge < -0.3 is 0 Å². The van der Waals surface area contributed by atoms with Crippen LogP contribution in [-0.2, 0) is 33.4 Å². The second kappa shape index (κ2) is 19.4. The molecular formula is C31H57N5P3W+3. The van der Waals surface area contributed by atoms with Crippen molar-refractivity contribution in [1.82, 2.24) is 4.98 Å². The van der Waals surface area contributed by atoms with E-state index in [2.05, 4.69) is 145 Å². The number of benzene rings is 1. The molecule has 0 amide bonds. The first kappa shape index (κ1) is 43.6. The Bertz CT molecular complexity index is 900. The van der Waals surface area contributed by atoms with Gasteiger partial charge in [0.2, 0.25) is 0 Å². The first-order valence-electron chi connectivity index (χ1n) is 13.7. The molecule has 2 rings (SSSR count). The molecule has 0 radical (unpaired) electrons. The maximum atomic E-state index is 6.00. The van der Waals surface area contributed by atoms with E-state index in [1.807, 2.05) is 0 Å². The average Bonchev–Trinajstić information content (AvgIpc) is 2.82. The van der Waals surface area contributed by atoms with E-state index in [4.69, 9.17) is 26.6 Å². The molecule has 0 spiro atoms. The Morgan fingerprint density at radius 1 is 0.525 bits per heavy atom. The van der Waals surface area contributed by atoms with Crippen LogP contribution in [0.5, 0.6) is 0 Å². The smallest absolute Gasteiger partial charge is 0.1000 e. The van der Waals surface area contributed by atoms with Gasteiger partial charge in [-0.3, -0.25) is 4.98 Å². The van der Waals surface area contributed by atoms with Gasteiger partial charge in [-0.1, -0.05) is 24.3 Å². The predicted octanol–water partition coefficient (Wildman–Crippen LogP) is 9.55. The van der Waals surface area contributed by atoms with Crippen molar-refractivity contribution in [2.24, 2.45) is 0 Å². The van der Waals surface area contributed by atoms with Crippen molar-refractivity contribution in [1.29, 1.82) is 21.6 Å². The molecular weight excluding hydrogens is 719 g/mol. The van der Waals surface area contributed by atoms with E-state index in [0.29, 0.717) is 20.6 Å². The van der Waals surface area contributed by atoms with E-state index >= 15 is 0 Å². The van der Waals surface area contributed by atoms with E-state index in [0.717, 1.165) is 0 Å². The van der Waals surface area contributed by atoms with E-state index in [-0.39, 0.29) is 29.0 Å². The summed E-state index contributed by atoms with van der Waals surface area (Å²) >= 11 is 0. The fourth-order valence-corrected chi connectivity index (χ4v) is 13.8. The third kappa shape index (κ3) is 17.2. The molecule has 40 heavy (non-hydrogen) atoms. The molecule has 0 unspecified atom stereocenters. The van der Waals surface area contributed by atoms with Crippen LogP contribution in [0.1, 0.15) is 94.5 Å². The molecule has 0 aliphatic rings. The van der Waals surface area contributed by atoms with Crippen molar-refractivity contribution in [3.05, 3.63) is 59.9 Å². The molecule has 0 N–H and O–H groups in total. The minimum absolute atomic E-state index is 0. The van der Waals surface area contributed by atoms with Crippen molar-refractivity contribution < 1.29 is 21.1 Å². The number of hydrogen-bond donors (Lipinski definition) is 0. The summed E-state index contributed by atoms with van der Waals surface area (Å²) in [7, 11) is -1.38. The van der Waals surface area contributed by atoms with Crippen LogP contribution >= 0.6 is 23.8 Å². The largest absolute Gasteiger partial charge is 0.250 e. The molecule has 224 valence electrons. The van der Waals surface area contributed by atoms with Crippen molar-refractivity contribution in [2.45, 2.75) is 116 Å². The van der Waals surface area contributed by atoms with Crippen LogP contribution < -0.4 is 5.30 Å². The Hall–Kier alpha value is -0.812. The molecule has 0 aliphatic heterocycles. The molecule has 1 aromatic heterocycles. The average molecular weight is 777 g/mol. The van der Waals surface area contributed by atoms with Gasteiger partial charge in [0.1, 0.15) is 0 Å². The van der Waals surface area contributed by atoms with Crippen LogP contribution in [0.3, 0.4) is 0 Å². The summed E-state index contributed by atoms with van der Waals surface area (Å²) in [6.07, 6.45) is 2.33. The molecule has 0 fully saturated rings. The van der Waals surface area contributed by atoms with E-state index in [1.54, 1.807) is 0 Å². The summed E-state index contributed by atoms with van der Waals surface area (Å²) in [5.41, 5.74) is 2.62. The van der Waals surface area contributed by atoms with Gasteiger partial charge in [-0.05, 0) is 107 Å². The standard InChI is InChI=1S/C23H43NP2.C8H11P.2N2.W/c1-20(2,3)25(21(4,5)6)16-18-14-13-15-19(24-18)17-26(22(7,8)9)23(10,11)12;1-9(2)8-6-4-3-5-7-8;2*1-2;/h13-15H,16-17H2,1-12H3;3-7H,1-2H3;;;/p+3. The molecule has 0 saturated carbocycles. The molecule has 0 saturated heterocycles. The minimum atomic E-state index is -0.583. The van der Waals surface area contributed by atoms with Crippen LogP contribution in [0.15, 0.2) is 48.5 Å². The number of pyridine rings is 1. The van der Waals surface area contributed by atoms with E-state index in [1.165, 1.54) is 29.0 Å². The molecule has 5 nitrogen and oxygen atoms in total. The summed E-state index contributed by atoms with van der Waals surface area (Å²) < 4.78 is 0. The van der Waals surface area contributed by atoms with Gasteiger partial charge in [0, 0.05) is 66.4 Å². The first-order valence-corrected chi connectivity index (χ1v) is 19.6. The number of hydrogen-bond acceptors (Lipinski definition) is 5. The van der Waals surface area contributed by atoms with Gasteiger partial charge in [-0.25, -0.2) is 0 Å². The maximum Gasteiger partial charge on any atom is 0.1000 e. The van der Waals surface area contributed by atoms with Gasteiger partial charge in [0.05, 0.1) is 63.0 Å². The molecule has 2 aromatic rings. The molecule has 0 atom stereocenters. The van der Waals surface area contributed by atoms with Crippen LogP contribution in [0, 0.1) is 21.6 Å². The second-order valence-corrected chi connectivity index (χ2v) is 25.5. The maximum absolute atomic E-state index is 6.00. The van der Waals surface area contributed by atoms with Crippen molar-refractivity contribution >= 4 is 29.1 Å². The van der Waals surface area contributed by atoms with Crippen LogP contribution in [-0.4, -0.2) is 38.9 Å². The van der Waals surface area contributed by atoms with Crippen molar-refractivity contribution in [2.75, 3.05) is 13.3 Å². The van der Waals surface area contributed by atoms with Gasteiger partial charge in [-0.2, -0.15) is 0 Å². The van der Waals surface area contributed by atoms with Crippen LogP contribution in [0.25, 0.3) is 0 Å². The zero-order chi connectivity index (χ0) is 31.2. The Morgan fingerprint density at radius 2 is 0.825 bits per heavy atom. The summed E-state index contributed by atoms with van der Waals surface area (Å²) in [6, 6.07) is 17.4. The predicted molar refractivity (Wildman–Crippen MR) is 180 cm³/mol.